The molecule has 1 heterocycles. The number of hydrogen-bond donors (Lipinski definition) is 1. The van der Waals surface area contributed by atoms with Gasteiger partial charge in [0.25, 0.3) is 0 Å². The normalized spacial score (nSPS) is 22.5. The van der Waals surface area contributed by atoms with Crippen LogP contribution in [0.15, 0.2) is 0 Å². The highest BCUT2D eigenvalue weighted by atomic mass is 16.5. The molecule has 2 N–H and O–H groups in total. The molecule has 0 spiro atoms. The third kappa shape index (κ3) is 5.47. The van der Waals surface area contributed by atoms with E-state index >= 15 is 0 Å². The summed E-state index contributed by atoms with van der Waals surface area (Å²) in [5.74, 6) is 0.193. The van der Waals surface area contributed by atoms with E-state index in [4.69, 9.17) is 10.5 Å². The van der Waals surface area contributed by atoms with Crippen LogP contribution < -0.4 is 5.73 Å². The number of rotatable bonds is 7. The van der Waals surface area contributed by atoms with Crippen molar-refractivity contribution in [2.75, 3.05) is 39.4 Å². The number of ether oxygens (including phenoxy) is 1. The zero-order chi connectivity index (χ0) is 14.3. The van der Waals surface area contributed by atoms with E-state index in [-0.39, 0.29) is 11.9 Å². The van der Waals surface area contributed by atoms with Gasteiger partial charge in [0.15, 0.2) is 0 Å². The minimum absolute atomic E-state index is 0.0523. The Kier molecular flexibility index (Phi) is 7.34. The summed E-state index contributed by atoms with van der Waals surface area (Å²) in [4.78, 5) is 16.4. The number of carbonyl (C=O) groups excluding carboxylic acids is 1. The van der Waals surface area contributed by atoms with E-state index in [0.717, 1.165) is 45.8 Å². The first-order valence-corrected chi connectivity index (χ1v) is 7.43. The van der Waals surface area contributed by atoms with Crippen molar-refractivity contribution in [1.29, 1.82) is 0 Å². The van der Waals surface area contributed by atoms with E-state index in [0.29, 0.717) is 12.5 Å². The number of hydrogen-bond acceptors (Lipinski definition) is 4. The van der Waals surface area contributed by atoms with Crippen LogP contribution in [0.5, 0.6) is 0 Å². The minimum Gasteiger partial charge on any atom is -0.380 e. The Hall–Kier alpha value is -0.650. The van der Waals surface area contributed by atoms with Crippen molar-refractivity contribution in [1.82, 2.24) is 9.80 Å². The number of amides is 1. The zero-order valence-corrected chi connectivity index (χ0v) is 12.6. The predicted molar refractivity (Wildman–Crippen MR) is 77.0 cm³/mol. The third-order valence-corrected chi connectivity index (χ3v) is 3.65. The first kappa shape index (κ1) is 16.4. The first-order chi connectivity index (χ1) is 9.08. The van der Waals surface area contributed by atoms with Crippen LogP contribution in [-0.2, 0) is 9.53 Å². The van der Waals surface area contributed by atoms with Crippen LogP contribution in [0.25, 0.3) is 0 Å². The molecule has 1 rings (SSSR count). The van der Waals surface area contributed by atoms with Crippen molar-refractivity contribution in [2.24, 2.45) is 5.73 Å². The molecule has 112 valence electrons. The Morgan fingerprint density at radius 3 is 2.74 bits per heavy atom. The van der Waals surface area contributed by atoms with Gasteiger partial charge in [0.2, 0.25) is 5.91 Å². The molecule has 0 saturated carbocycles. The molecule has 1 aliphatic rings. The Balaban J connectivity index is 2.43. The molecule has 1 saturated heterocycles. The monoisotopic (exact) mass is 271 g/mol. The molecule has 2 unspecified atom stereocenters. The molecular formula is C14H29N3O2. The lowest BCUT2D eigenvalue weighted by Crippen LogP contribution is -2.55. The Morgan fingerprint density at radius 1 is 1.42 bits per heavy atom. The fraction of sp³-hybridized carbons (Fsp3) is 0.929. The Morgan fingerprint density at radius 2 is 2.16 bits per heavy atom. The molecule has 0 radical (unpaired) electrons. The van der Waals surface area contributed by atoms with E-state index in [1.165, 1.54) is 0 Å². The summed E-state index contributed by atoms with van der Waals surface area (Å²) in [6.07, 6.45) is 1.52. The Labute approximate surface area is 117 Å². The van der Waals surface area contributed by atoms with E-state index in [9.17, 15) is 4.79 Å². The maximum Gasteiger partial charge on any atom is 0.224 e. The topological polar surface area (TPSA) is 58.8 Å². The van der Waals surface area contributed by atoms with E-state index < -0.39 is 0 Å². The summed E-state index contributed by atoms with van der Waals surface area (Å²) < 4.78 is 5.42. The van der Waals surface area contributed by atoms with Gasteiger partial charge in [-0.15, -0.1) is 0 Å². The maximum absolute atomic E-state index is 12.0. The van der Waals surface area contributed by atoms with Crippen LogP contribution in [-0.4, -0.2) is 67.2 Å². The molecule has 1 aliphatic heterocycles. The van der Waals surface area contributed by atoms with Gasteiger partial charge >= 0.3 is 0 Å². The SMILES string of the molecule is CCOCCN1CCN(C(=O)CC(C)N)CC1CC. The lowest BCUT2D eigenvalue weighted by molar-refractivity contribution is -0.134. The highest BCUT2D eigenvalue weighted by molar-refractivity contribution is 5.76. The summed E-state index contributed by atoms with van der Waals surface area (Å²) in [5, 5.41) is 0. The van der Waals surface area contributed by atoms with Crippen molar-refractivity contribution in [3.63, 3.8) is 0 Å². The van der Waals surface area contributed by atoms with Crippen LogP contribution in [0.4, 0.5) is 0 Å². The highest BCUT2D eigenvalue weighted by Crippen LogP contribution is 2.13. The number of piperazine rings is 1. The fourth-order valence-electron chi connectivity index (χ4n) is 2.53. The van der Waals surface area contributed by atoms with Gasteiger partial charge in [0, 0.05) is 51.3 Å². The summed E-state index contributed by atoms with van der Waals surface area (Å²) in [6.45, 7) is 11.2. The average molecular weight is 271 g/mol. The molecule has 5 heteroatoms. The van der Waals surface area contributed by atoms with Gasteiger partial charge in [-0.2, -0.15) is 0 Å². The van der Waals surface area contributed by atoms with Crippen molar-refractivity contribution >= 4 is 5.91 Å². The van der Waals surface area contributed by atoms with Gasteiger partial charge in [-0.1, -0.05) is 6.92 Å². The second-order valence-corrected chi connectivity index (χ2v) is 5.32. The molecule has 2 atom stereocenters. The summed E-state index contributed by atoms with van der Waals surface area (Å²) in [7, 11) is 0. The largest absolute Gasteiger partial charge is 0.380 e. The molecule has 1 fully saturated rings. The minimum atomic E-state index is -0.0523. The quantitative estimate of drug-likeness (QED) is 0.692. The Bertz CT molecular complexity index is 271. The van der Waals surface area contributed by atoms with Crippen LogP contribution in [0.1, 0.15) is 33.6 Å². The van der Waals surface area contributed by atoms with Crippen molar-refractivity contribution in [3.05, 3.63) is 0 Å². The van der Waals surface area contributed by atoms with Gasteiger partial charge in [-0.25, -0.2) is 0 Å². The molecule has 0 bridgehead atoms. The molecule has 5 nitrogen and oxygen atoms in total. The lowest BCUT2D eigenvalue weighted by Gasteiger charge is -2.41. The number of nitrogens with zero attached hydrogens (tertiary/aromatic N) is 2. The molecule has 1 amide bonds. The van der Waals surface area contributed by atoms with E-state index in [1.807, 2.05) is 18.7 Å². The average Bonchev–Trinajstić information content (AvgIpc) is 2.38. The smallest absolute Gasteiger partial charge is 0.224 e. The molecule has 0 aliphatic carbocycles. The van der Waals surface area contributed by atoms with Crippen LogP contribution in [0.3, 0.4) is 0 Å². The molecular weight excluding hydrogens is 242 g/mol. The maximum atomic E-state index is 12.0. The predicted octanol–water partition coefficient (Wildman–Crippen LogP) is 0.683. The zero-order valence-electron chi connectivity index (χ0n) is 12.6. The van der Waals surface area contributed by atoms with Gasteiger partial charge < -0.3 is 15.4 Å². The van der Waals surface area contributed by atoms with E-state index in [1.54, 1.807) is 0 Å². The van der Waals surface area contributed by atoms with Gasteiger partial charge in [0.1, 0.15) is 0 Å². The van der Waals surface area contributed by atoms with Crippen molar-refractivity contribution in [2.45, 2.75) is 45.7 Å². The van der Waals surface area contributed by atoms with Crippen LogP contribution in [0, 0.1) is 0 Å². The molecule has 0 aromatic heterocycles. The standard InChI is InChI=1S/C14H29N3O2/c1-4-13-11-17(14(18)10-12(3)15)7-6-16(13)8-9-19-5-2/h12-13H,4-11,15H2,1-3H3. The van der Waals surface area contributed by atoms with Crippen molar-refractivity contribution < 1.29 is 9.53 Å². The molecule has 19 heavy (non-hydrogen) atoms. The van der Waals surface area contributed by atoms with Crippen LogP contribution >= 0.6 is 0 Å². The number of carbonyl (C=O) groups is 1. The number of nitrogens with two attached hydrogens (primary N) is 1. The van der Waals surface area contributed by atoms with Gasteiger partial charge in [-0.3, -0.25) is 9.69 Å². The van der Waals surface area contributed by atoms with Crippen LogP contribution in [0.2, 0.25) is 0 Å². The summed E-state index contributed by atoms with van der Waals surface area (Å²) >= 11 is 0. The lowest BCUT2D eigenvalue weighted by atomic mass is 10.1. The van der Waals surface area contributed by atoms with Crippen molar-refractivity contribution in [3.8, 4) is 0 Å². The fourth-order valence-corrected chi connectivity index (χ4v) is 2.53. The highest BCUT2D eigenvalue weighted by Gasteiger charge is 2.28. The van der Waals surface area contributed by atoms with E-state index in [2.05, 4.69) is 11.8 Å². The summed E-state index contributed by atoms with van der Waals surface area (Å²) in [6, 6.07) is 0.398. The second-order valence-electron chi connectivity index (χ2n) is 5.32. The molecule has 0 aromatic rings. The third-order valence-electron chi connectivity index (χ3n) is 3.65. The second kappa shape index (κ2) is 8.51. The first-order valence-electron chi connectivity index (χ1n) is 7.43. The molecule has 0 aromatic carbocycles. The summed E-state index contributed by atoms with van der Waals surface area (Å²) in [5.41, 5.74) is 5.70. The van der Waals surface area contributed by atoms with Gasteiger partial charge in [-0.05, 0) is 20.3 Å². The van der Waals surface area contributed by atoms with Gasteiger partial charge in [0.05, 0.1) is 6.61 Å².